The second-order valence-electron chi connectivity index (χ2n) is 7.70. The van der Waals surface area contributed by atoms with Crippen LogP contribution in [0.25, 0.3) is 6.08 Å². The third kappa shape index (κ3) is 3.68. The van der Waals surface area contributed by atoms with Gasteiger partial charge in [-0.2, -0.15) is 18.4 Å². The molecule has 1 aliphatic rings. The molecule has 0 amide bonds. The van der Waals surface area contributed by atoms with Gasteiger partial charge >= 0.3 is 6.18 Å². The summed E-state index contributed by atoms with van der Waals surface area (Å²) in [5, 5.41) is 25.9. The van der Waals surface area contributed by atoms with Crippen LogP contribution in [0.1, 0.15) is 48.2 Å². The molecule has 1 aromatic heterocycles. The van der Waals surface area contributed by atoms with Crippen molar-refractivity contribution < 1.29 is 23.0 Å². The molecule has 0 bridgehead atoms. The maximum Gasteiger partial charge on any atom is 0.416 e. The summed E-state index contributed by atoms with van der Waals surface area (Å²) in [5.74, 6) is -0.417. The van der Waals surface area contributed by atoms with Crippen molar-refractivity contribution in [1.82, 2.24) is 10.2 Å². The minimum atomic E-state index is -4.60. The van der Waals surface area contributed by atoms with Gasteiger partial charge in [0.05, 0.1) is 16.5 Å². The Bertz CT molecular complexity index is 1090. The Labute approximate surface area is 177 Å². The number of nitrogens with one attached hydrogen (secondary N) is 1. The first-order valence-electron chi connectivity index (χ1n) is 9.71. The Kier molecular flexibility index (Phi) is 5.87. The lowest BCUT2D eigenvalue weighted by Gasteiger charge is -2.41. The predicted molar refractivity (Wildman–Crippen MR) is 109 cm³/mol. The Morgan fingerprint density at radius 3 is 2.65 bits per heavy atom. The summed E-state index contributed by atoms with van der Waals surface area (Å²) in [6, 6.07) is 5.76. The fourth-order valence-corrected chi connectivity index (χ4v) is 4.20. The van der Waals surface area contributed by atoms with Gasteiger partial charge in [-0.3, -0.25) is 5.10 Å². The van der Waals surface area contributed by atoms with Crippen LogP contribution in [0.15, 0.2) is 35.7 Å². The first-order chi connectivity index (χ1) is 14.6. The van der Waals surface area contributed by atoms with E-state index in [1.807, 2.05) is 13.8 Å². The molecule has 0 spiro atoms. The minimum absolute atomic E-state index is 0.0316. The fraction of sp³-hybridized carbons (Fsp3) is 0.364. The monoisotopic (exact) mass is 432 g/mol. The lowest BCUT2D eigenvalue weighted by atomic mass is 9.61. The number of aliphatic hydroxyl groups excluding tert-OH is 1. The maximum atomic E-state index is 13.8. The predicted octanol–water partition coefficient (Wildman–Crippen LogP) is 4.16. The molecule has 1 aliphatic heterocycles. The lowest BCUT2D eigenvalue weighted by molar-refractivity contribution is -0.137. The maximum absolute atomic E-state index is 13.8. The molecule has 0 saturated heterocycles. The third-order valence-corrected chi connectivity index (χ3v) is 5.48. The highest BCUT2D eigenvalue weighted by molar-refractivity contribution is 5.64. The Morgan fingerprint density at radius 2 is 2.06 bits per heavy atom. The van der Waals surface area contributed by atoms with Crippen LogP contribution >= 0.6 is 0 Å². The highest BCUT2D eigenvalue weighted by Crippen LogP contribution is 2.53. The van der Waals surface area contributed by atoms with E-state index in [-0.39, 0.29) is 35.4 Å². The van der Waals surface area contributed by atoms with Gasteiger partial charge in [0.25, 0.3) is 0 Å². The van der Waals surface area contributed by atoms with E-state index in [1.54, 1.807) is 19.1 Å². The summed E-state index contributed by atoms with van der Waals surface area (Å²) in [5.41, 5.74) is 5.53. The van der Waals surface area contributed by atoms with E-state index < -0.39 is 17.2 Å². The van der Waals surface area contributed by atoms with E-state index in [9.17, 15) is 18.4 Å². The van der Waals surface area contributed by atoms with Gasteiger partial charge in [0.1, 0.15) is 11.6 Å². The van der Waals surface area contributed by atoms with Gasteiger partial charge in [-0.1, -0.05) is 32.1 Å². The Morgan fingerprint density at radius 1 is 1.35 bits per heavy atom. The van der Waals surface area contributed by atoms with Crippen LogP contribution in [0.4, 0.5) is 13.2 Å². The summed E-state index contributed by atoms with van der Waals surface area (Å²) in [7, 11) is 0. The second-order valence-corrected chi connectivity index (χ2v) is 7.70. The largest absolute Gasteiger partial charge is 0.420 e. The average Bonchev–Trinajstić information content (AvgIpc) is 3.06. The zero-order valence-corrected chi connectivity index (χ0v) is 17.3. The van der Waals surface area contributed by atoms with Crippen molar-refractivity contribution in [2.24, 2.45) is 11.7 Å². The molecule has 2 heterocycles. The number of aliphatic hydroxyl groups is 1. The van der Waals surface area contributed by atoms with Crippen LogP contribution in [-0.4, -0.2) is 21.9 Å². The zero-order chi connectivity index (χ0) is 23.0. The molecule has 31 heavy (non-hydrogen) atoms. The molecule has 1 unspecified atom stereocenters. The molecule has 0 saturated carbocycles. The summed E-state index contributed by atoms with van der Waals surface area (Å²) < 4.78 is 46.9. The number of nitrogens with two attached hydrogens (primary N) is 1. The van der Waals surface area contributed by atoms with Crippen molar-refractivity contribution in [3.05, 3.63) is 63.7 Å². The summed E-state index contributed by atoms with van der Waals surface area (Å²) in [6.45, 7) is 5.23. The van der Waals surface area contributed by atoms with E-state index in [4.69, 9.17) is 15.6 Å². The smallest absolute Gasteiger partial charge is 0.416 e. The molecule has 0 fully saturated rings. The third-order valence-electron chi connectivity index (χ3n) is 5.48. The number of aryl methyl sites for hydroxylation is 1. The number of hydrogen-bond acceptors (Lipinski definition) is 5. The number of nitrogens with zero attached hydrogens (tertiary/aromatic N) is 2. The van der Waals surface area contributed by atoms with Gasteiger partial charge in [-0.15, -0.1) is 5.10 Å². The number of nitriles is 1. The number of alkyl halides is 3. The topological polar surface area (TPSA) is 108 Å². The lowest BCUT2D eigenvalue weighted by Crippen LogP contribution is -2.41. The number of H-pyrrole nitrogens is 1. The van der Waals surface area contributed by atoms with Crippen molar-refractivity contribution >= 4 is 6.08 Å². The Hall–Kier alpha value is -3.25. The number of ether oxygens (including phenoxy) is 1. The SMILES string of the molecule is Cc1[nH]nc2c1C(c1cc(C=CCCO)cc(C(F)(F)F)c1)(C(C)C)C(C#N)=C(N)O2. The number of benzene rings is 1. The average molecular weight is 432 g/mol. The number of rotatable bonds is 5. The molecule has 9 heteroatoms. The van der Waals surface area contributed by atoms with Crippen molar-refractivity contribution in [3.8, 4) is 11.9 Å². The zero-order valence-electron chi connectivity index (χ0n) is 17.3. The standard InChI is InChI=1S/C22H23F3N4O2/c1-12(2)21(17(11-26)19(27)31-20-18(21)13(3)28-29-20)15-8-14(6-4-5-7-30)9-16(10-15)22(23,24)25/h4,6,8-10,12,30H,5,7,27H2,1-3H3,(H,28,29). The highest BCUT2D eigenvalue weighted by Gasteiger charge is 2.51. The highest BCUT2D eigenvalue weighted by atomic mass is 19.4. The molecular weight excluding hydrogens is 409 g/mol. The number of allylic oxidation sites excluding steroid dienone is 1. The number of aromatic nitrogens is 2. The van der Waals surface area contributed by atoms with E-state index in [0.29, 0.717) is 23.2 Å². The molecule has 6 nitrogen and oxygen atoms in total. The Balaban J connectivity index is 2.42. The van der Waals surface area contributed by atoms with Gasteiger partial charge in [-0.25, -0.2) is 0 Å². The quantitative estimate of drug-likeness (QED) is 0.658. The number of aromatic amines is 1. The van der Waals surface area contributed by atoms with Crippen molar-refractivity contribution in [2.45, 2.75) is 38.8 Å². The van der Waals surface area contributed by atoms with Gasteiger partial charge in [0.2, 0.25) is 11.8 Å². The molecular formula is C22H23F3N4O2. The molecule has 1 aromatic carbocycles. The van der Waals surface area contributed by atoms with Crippen LogP contribution in [-0.2, 0) is 11.6 Å². The second kappa shape index (κ2) is 8.12. The molecule has 4 N–H and O–H groups in total. The van der Waals surface area contributed by atoms with E-state index in [1.165, 1.54) is 6.08 Å². The summed E-state index contributed by atoms with van der Waals surface area (Å²) in [6.07, 6.45) is -1.19. The van der Waals surface area contributed by atoms with Crippen LogP contribution in [0.5, 0.6) is 5.88 Å². The first kappa shape index (κ1) is 22.4. The van der Waals surface area contributed by atoms with Crippen LogP contribution in [0, 0.1) is 24.2 Å². The van der Waals surface area contributed by atoms with Crippen LogP contribution < -0.4 is 10.5 Å². The molecule has 2 aromatic rings. The number of fused-ring (bicyclic) bond motifs is 1. The van der Waals surface area contributed by atoms with Crippen molar-refractivity contribution in [2.75, 3.05) is 6.61 Å². The van der Waals surface area contributed by atoms with Gasteiger partial charge in [0.15, 0.2) is 0 Å². The van der Waals surface area contributed by atoms with Gasteiger partial charge in [-0.05, 0) is 42.5 Å². The first-order valence-corrected chi connectivity index (χ1v) is 9.71. The molecule has 1 atom stereocenters. The summed E-state index contributed by atoms with van der Waals surface area (Å²) >= 11 is 0. The van der Waals surface area contributed by atoms with Crippen molar-refractivity contribution in [1.29, 1.82) is 5.26 Å². The molecule has 3 rings (SSSR count). The molecule has 0 aliphatic carbocycles. The van der Waals surface area contributed by atoms with Gasteiger partial charge < -0.3 is 15.6 Å². The van der Waals surface area contributed by atoms with E-state index >= 15 is 0 Å². The fourth-order valence-electron chi connectivity index (χ4n) is 4.20. The van der Waals surface area contributed by atoms with E-state index in [2.05, 4.69) is 16.3 Å². The molecule has 0 radical (unpaired) electrons. The van der Waals surface area contributed by atoms with E-state index in [0.717, 1.165) is 12.1 Å². The van der Waals surface area contributed by atoms with Crippen LogP contribution in [0.2, 0.25) is 0 Å². The number of hydrogen-bond donors (Lipinski definition) is 3. The summed E-state index contributed by atoms with van der Waals surface area (Å²) in [4.78, 5) is 0. The minimum Gasteiger partial charge on any atom is -0.420 e. The number of halogens is 3. The van der Waals surface area contributed by atoms with Gasteiger partial charge in [0, 0.05) is 12.3 Å². The molecule has 164 valence electrons. The normalized spacial score (nSPS) is 18.9. The van der Waals surface area contributed by atoms with Crippen LogP contribution in [0.3, 0.4) is 0 Å². The van der Waals surface area contributed by atoms with Crippen molar-refractivity contribution in [3.63, 3.8) is 0 Å².